The van der Waals surface area contributed by atoms with E-state index in [4.69, 9.17) is 0 Å². The molecule has 1 unspecified atom stereocenters. The second-order valence-corrected chi connectivity index (χ2v) is 9.34. The smallest absolute Gasteiger partial charge is 0.244 e. The van der Waals surface area contributed by atoms with Crippen molar-refractivity contribution in [1.29, 1.82) is 0 Å². The summed E-state index contributed by atoms with van der Waals surface area (Å²) in [6.45, 7) is 8.11. The number of sulfonamides is 1. The van der Waals surface area contributed by atoms with E-state index in [1.807, 2.05) is 23.4 Å². The first-order valence-corrected chi connectivity index (χ1v) is 9.80. The molecule has 0 aromatic carbocycles. The molecule has 1 aliphatic rings. The maximum Gasteiger partial charge on any atom is 0.244 e. The molecular formula is C14H25N3O2S2. The molecule has 0 bridgehead atoms. The summed E-state index contributed by atoms with van der Waals surface area (Å²) in [4.78, 5) is 0.407. The van der Waals surface area contributed by atoms with Gasteiger partial charge in [0.15, 0.2) is 0 Å². The van der Waals surface area contributed by atoms with E-state index in [1.54, 1.807) is 16.6 Å². The van der Waals surface area contributed by atoms with Crippen molar-refractivity contribution >= 4 is 21.8 Å². The van der Waals surface area contributed by atoms with Crippen LogP contribution >= 0.6 is 11.8 Å². The molecule has 2 heterocycles. The lowest BCUT2D eigenvalue weighted by Crippen LogP contribution is -2.40. The van der Waals surface area contributed by atoms with Crippen molar-refractivity contribution < 1.29 is 8.42 Å². The molecule has 0 aliphatic carbocycles. The molecule has 1 aliphatic heterocycles. The molecule has 120 valence electrons. The van der Waals surface area contributed by atoms with E-state index in [-0.39, 0.29) is 0 Å². The Kier molecular flexibility index (Phi) is 5.40. The molecule has 1 fully saturated rings. The van der Waals surface area contributed by atoms with E-state index in [2.05, 4.69) is 26.1 Å². The van der Waals surface area contributed by atoms with E-state index in [9.17, 15) is 8.42 Å². The predicted octanol–water partition coefficient (Wildman–Crippen LogP) is 1.65. The Morgan fingerprint density at radius 2 is 2.19 bits per heavy atom. The van der Waals surface area contributed by atoms with Gasteiger partial charge in [0, 0.05) is 55.6 Å². The minimum Gasteiger partial charge on any atom is -0.352 e. The van der Waals surface area contributed by atoms with E-state index >= 15 is 0 Å². The quantitative estimate of drug-likeness (QED) is 0.891. The molecule has 1 atom stereocenters. The average Bonchev–Trinajstić information content (AvgIpc) is 2.78. The Morgan fingerprint density at radius 1 is 1.48 bits per heavy atom. The van der Waals surface area contributed by atoms with Crippen molar-refractivity contribution in [3.8, 4) is 0 Å². The summed E-state index contributed by atoms with van der Waals surface area (Å²) < 4.78 is 28.9. The highest BCUT2D eigenvalue weighted by Crippen LogP contribution is 2.25. The number of rotatable bonds is 5. The molecule has 1 aromatic heterocycles. The summed E-state index contributed by atoms with van der Waals surface area (Å²) in [6, 6.07) is 2.16. The molecule has 0 spiro atoms. The second-order valence-electron chi connectivity index (χ2n) is 5.86. The lowest BCUT2D eigenvalue weighted by molar-refractivity contribution is 0.424. The number of hydrogen-bond acceptors (Lipinski definition) is 4. The fourth-order valence-electron chi connectivity index (χ4n) is 2.36. The van der Waals surface area contributed by atoms with E-state index in [0.717, 1.165) is 11.4 Å². The first-order chi connectivity index (χ1) is 9.80. The Balaban J connectivity index is 2.18. The SMILES string of the molecule is CC(C)NCc1cc(S(=O)(=O)N2CCSC(C)C2)cn1C. The fourth-order valence-corrected chi connectivity index (χ4v) is 5.21. The predicted molar refractivity (Wildman–Crippen MR) is 88.1 cm³/mol. The Morgan fingerprint density at radius 3 is 2.81 bits per heavy atom. The van der Waals surface area contributed by atoms with Crippen LogP contribution in [0.4, 0.5) is 0 Å². The maximum atomic E-state index is 12.7. The highest BCUT2D eigenvalue weighted by atomic mass is 32.2. The zero-order valence-corrected chi connectivity index (χ0v) is 14.8. The molecule has 7 heteroatoms. The summed E-state index contributed by atoms with van der Waals surface area (Å²) in [5.74, 6) is 0.870. The number of nitrogens with zero attached hydrogens (tertiary/aromatic N) is 2. The summed E-state index contributed by atoms with van der Waals surface area (Å²) in [7, 11) is -1.47. The van der Waals surface area contributed by atoms with Gasteiger partial charge in [-0.2, -0.15) is 16.1 Å². The molecule has 1 saturated heterocycles. The molecule has 21 heavy (non-hydrogen) atoms. The maximum absolute atomic E-state index is 12.7. The highest BCUT2D eigenvalue weighted by molar-refractivity contribution is 8.00. The van der Waals surface area contributed by atoms with Crippen molar-refractivity contribution in [2.45, 2.75) is 43.5 Å². The Bertz CT molecular complexity index is 581. The van der Waals surface area contributed by atoms with Gasteiger partial charge in [-0.25, -0.2) is 8.42 Å². The lowest BCUT2D eigenvalue weighted by atomic mass is 10.3. The monoisotopic (exact) mass is 331 g/mol. The molecule has 2 rings (SSSR count). The summed E-state index contributed by atoms with van der Waals surface area (Å²) in [5.41, 5.74) is 0.988. The third kappa shape index (κ3) is 4.03. The molecular weight excluding hydrogens is 306 g/mol. The summed E-state index contributed by atoms with van der Waals surface area (Å²) in [5, 5.41) is 3.68. The molecule has 0 saturated carbocycles. The first-order valence-electron chi connectivity index (χ1n) is 7.31. The molecule has 1 N–H and O–H groups in total. The van der Waals surface area contributed by atoms with Crippen molar-refractivity contribution in [2.75, 3.05) is 18.8 Å². The fraction of sp³-hybridized carbons (Fsp3) is 0.714. The van der Waals surface area contributed by atoms with Gasteiger partial charge >= 0.3 is 0 Å². The zero-order chi connectivity index (χ0) is 15.6. The van der Waals surface area contributed by atoms with E-state index < -0.39 is 10.0 Å². The minimum absolute atomic E-state index is 0.360. The van der Waals surface area contributed by atoms with Crippen LogP contribution in [0.5, 0.6) is 0 Å². The molecule has 5 nitrogen and oxygen atoms in total. The normalized spacial score (nSPS) is 21.1. The van der Waals surface area contributed by atoms with Crippen LogP contribution < -0.4 is 5.32 Å². The Labute approximate surface area is 132 Å². The van der Waals surface area contributed by atoms with Crippen molar-refractivity contribution in [3.05, 3.63) is 18.0 Å². The largest absolute Gasteiger partial charge is 0.352 e. The van der Waals surface area contributed by atoms with Gasteiger partial charge < -0.3 is 9.88 Å². The summed E-state index contributed by atoms with van der Waals surface area (Å²) in [6.07, 6.45) is 1.72. The number of hydrogen-bond donors (Lipinski definition) is 1. The van der Waals surface area contributed by atoms with Gasteiger partial charge in [-0.3, -0.25) is 0 Å². The van der Waals surface area contributed by atoms with Gasteiger partial charge in [0.25, 0.3) is 0 Å². The van der Waals surface area contributed by atoms with Crippen LogP contribution in [0.15, 0.2) is 17.2 Å². The van der Waals surface area contributed by atoms with Gasteiger partial charge in [0.05, 0.1) is 0 Å². The lowest BCUT2D eigenvalue weighted by Gasteiger charge is -2.29. The van der Waals surface area contributed by atoms with Gasteiger partial charge in [0.2, 0.25) is 10.0 Å². The van der Waals surface area contributed by atoms with E-state index in [1.165, 1.54) is 0 Å². The standard InChI is InChI=1S/C14H25N3O2S2/c1-11(2)15-8-13-7-14(10-16(13)4)21(18,19)17-5-6-20-12(3)9-17/h7,10-12,15H,5-6,8-9H2,1-4H3. The molecule has 0 radical (unpaired) electrons. The third-order valence-electron chi connectivity index (χ3n) is 3.62. The van der Waals surface area contributed by atoms with Crippen molar-refractivity contribution in [1.82, 2.24) is 14.2 Å². The summed E-state index contributed by atoms with van der Waals surface area (Å²) >= 11 is 1.83. The van der Waals surface area contributed by atoms with Crippen LogP contribution in [0.3, 0.4) is 0 Å². The van der Waals surface area contributed by atoms with E-state index in [0.29, 0.717) is 35.8 Å². The topological polar surface area (TPSA) is 54.3 Å². The van der Waals surface area contributed by atoms with Crippen molar-refractivity contribution in [3.63, 3.8) is 0 Å². The van der Waals surface area contributed by atoms with Crippen LogP contribution in [0.1, 0.15) is 26.5 Å². The second kappa shape index (κ2) is 6.73. The number of aryl methyl sites for hydroxylation is 1. The van der Waals surface area contributed by atoms with Crippen LogP contribution in [-0.2, 0) is 23.6 Å². The minimum atomic E-state index is -3.36. The third-order valence-corrected chi connectivity index (χ3v) is 6.58. The van der Waals surface area contributed by atoms with Crippen LogP contribution in [-0.4, -0.2) is 47.4 Å². The first kappa shape index (κ1) is 16.9. The number of nitrogens with one attached hydrogen (secondary N) is 1. The van der Waals surface area contributed by atoms with Crippen LogP contribution in [0, 0.1) is 0 Å². The highest BCUT2D eigenvalue weighted by Gasteiger charge is 2.30. The van der Waals surface area contributed by atoms with Crippen molar-refractivity contribution in [2.24, 2.45) is 7.05 Å². The zero-order valence-electron chi connectivity index (χ0n) is 13.2. The average molecular weight is 332 g/mol. The molecule has 1 aromatic rings. The van der Waals surface area contributed by atoms with Gasteiger partial charge in [-0.15, -0.1) is 0 Å². The number of aromatic nitrogens is 1. The van der Waals surface area contributed by atoms with Crippen LogP contribution in [0.25, 0.3) is 0 Å². The Hall–Kier alpha value is -0.500. The van der Waals surface area contributed by atoms with Gasteiger partial charge in [-0.1, -0.05) is 20.8 Å². The number of thioether (sulfide) groups is 1. The van der Waals surface area contributed by atoms with Gasteiger partial charge in [0.1, 0.15) is 4.90 Å². The van der Waals surface area contributed by atoms with Gasteiger partial charge in [-0.05, 0) is 6.07 Å². The molecule has 0 amide bonds. The van der Waals surface area contributed by atoms with Crippen LogP contribution in [0.2, 0.25) is 0 Å².